The van der Waals surface area contributed by atoms with Crippen molar-refractivity contribution in [2.45, 2.75) is 88.4 Å². The van der Waals surface area contributed by atoms with Crippen molar-refractivity contribution in [2.75, 3.05) is 5.75 Å². The van der Waals surface area contributed by atoms with Crippen molar-refractivity contribution in [1.82, 2.24) is 21.3 Å². The van der Waals surface area contributed by atoms with Crippen LogP contribution in [0, 0.1) is 11.8 Å². The van der Waals surface area contributed by atoms with E-state index >= 15 is 0 Å². The summed E-state index contributed by atoms with van der Waals surface area (Å²) in [5.41, 5.74) is 0.579. The van der Waals surface area contributed by atoms with Gasteiger partial charge < -0.3 is 51.9 Å². The summed E-state index contributed by atoms with van der Waals surface area (Å²) in [6.45, 7) is 0. The molecule has 0 aliphatic rings. The summed E-state index contributed by atoms with van der Waals surface area (Å²) >= 11 is 3.95. The number of rotatable bonds is 28. The van der Waals surface area contributed by atoms with Gasteiger partial charge in [-0.05, 0) is 31.2 Å². The van der Waals surface area contributed by atoms with Gasteiger partial charge in [0.25, 0.3) is 0 Å². The number of carboxylic acids is 6. The Kier molecular flexibility index (Phi) is 20.9. The Bertz CT molecular complexity index is 1620. The van der Waals surface area contributed by atoms with E-state index in [-0.39, 0.29) is 12.2 Å². The van der Waals surface area contributed by atoms with E-state index in [0.717, 1.165) is 0 Å². The van der Waals surface area contributed by atoms with E-state index in [9.17, 15) is 73.2 Å². The Morgan fingerprint density at radius 3 is 1.54 bits per heavy atom. The van der Waals surface area contributed by atoms with Crippen LogP contribution in [0.15, 0.2) is 30.3 Å². The number of thiol groups is 1. The van der Waals surface area contributed by atoms with Gasteiger partial charge >= 0.3 is 41.8 Å². The fourth-order valence-electron chi connectivity index (χ4n) is 5.09. The zero-order chi connectivity index (χ0) is 42.5. The molecule has 0 aromatic heterocycles. The molecule has 0 heterocycles. The van der Waals surface area contributed by atoms with Crippen molar-refractivity contribution >= 4 is 77.9 Å². The summed E-state index contributed by atoms with van der Waals surface area (Å²) in [6, 6.07) is 0.517. The van der Waals surface area contributed by atoms with Crippen LogP contribution >= 0.6 is 12.6 Å². The second kappa shape index (κ2) is 24.4. The number of aliphatic carboxylic acids is 6. The first-order chi connectivity index (χ1) is 26.2. The van der Waals surface area contributed by atoms with Gasteiger partial charge in [-0.1, -0.05) is 30.3 Å². The van der Waals surface area contributed by atoms with E-state index in [1.54, 1.807) is 30.3 Å². The van der Waals surface area contributed by atoms with Gasteiger partial charge in [0.2, 0.25) is 11.8 Å². The van der Waals surface area contributed by atoms with Crippen molar-refractivity contribution in [2.24, 2.45) is 11.8 Å². The zero-order valence-corrected chi connectivity index (χ0v) is 30.6. The van der Waals surface area contributed by atoms with Crippen LogP contribution in [0.4, 0.5) is 4.79 Å². The van der Waals surface area contributed by atoms with Crippen LogP contribution in [0.5, 0.6) is 0 Å². The van der Waals surface area contributed by atoms with Crippen LogP contribution in [0.1, 0.15) is 63.4 Å². The van der Waals surface area contributed by atoms with Gasteiger partial charge in [0.05, 0.1) is 24.3 Å². The van der Waals surface area contributed by atoms with Gasteiger partial charge in [-0.3, -0.25) is 33.6 Å². The SMILES string of the molecule is O=C(O)CC[C@H](NC(=O)N[C@@H](CCC(=O)N[C@@H](CCC(=O)C[C@@H](CC(=O)O)C(=O)N[C@@H](Cc1ccccc1)C(=O)C[C@@H](CS)C(=O)O)C(=O)O)C(=O)O)C(=O)O. The summed E-state index contributed by atoms with van der Waals surface area (Å²) in [5, 5.41) is 64.1. The van der Waals surface area contributed by atoms with E-state index in [2.05, 4.69) is 23.3 Å². The topological polar surface area (TPSA) is 357 Å². The lowest BCUT2D eigenvalue weighted by atomic mass is 9.92. The number of Topliss-reactive ketones (excluding diaryl/α,β-unsaturated/α-hetero) is 2. The molecule has 4 amide bonds. The molecule has 1 aromatic rings. The van der Waals surface area contributed by atoms with Crippen molar-refractivity contribution in [1.29, 1.82) is 0 Å². The minimum atomic E-state index is -1.78. The number of carboxylic acid groups (broad SMARTS) is 6. The molecule has 0 aliphatic heterocycles. The van der Waals surface area contributed by atoms with Crippen LogP contribution < -0.4 is 21.3 Å². The highest BCUT2D eigenvalue weighted by Crippen LogP contribution is 2.17. The molecule has 0 spiro atoms. The number of hydrogen-bond acceptors (Lipinski definition) is 12. The third kappa shape index (κ3) is 18.8. The standard InChI is InChI=1S/C34H44N4O17S/c39-20(13-18(15-28(44)45)29(46)36-24(12-17-4-2-1-3-5-17)25(40)14-19(16-56)30(47)48)6-7-21(31(49)50)35-26(41)10-8-22(32(51)52)37-34(55)38-23(33(53)54)9-11-27(42)43/h1-5,18-19,21-24,56H,6-16H2,(H,35,41)(H,36,46)(H,42,43)(H,44,45)(H,47,48)(H,49,50)(H,51,52)(H,53,54)(H2,37,38,55)/t18-,19-,21-,22-,23-,24-/m0/s1. The lowest BCUT2D eigenvalue weighted by Gasteiger charge is -2.22. The number of ketones is 2. The maximum atomic E-state index is 13.3. The molecular weight excluding hydrogens is 768 g/mol. The van der Waals surface area contributed by atoms with Gasteiger partial charge in [-0.25, -0.2) is 19.2 Å². The molecule has 1 aromatic carbocycles. The Morgan fingerprint density at radius 1 is 0.536 bits per heavy atom. The van der Waals surface area contributed by atoms with E-state index < -0.39 is 159 Å². The number of urea groups is 1. The molecule has 0 radical (unpaired) electrons. The molecule has 21 nitrogen and oxygen atoms in total. The first-order valence-corrected chi connectivity index (χ1v) is 17.6. The Hall–Kier alpha value is -6.06. The fourth-order valence-corrected chi connectivity index (χ4v) is 5.38. The molecule has 10 N–H and O–H groups in total. The summed E-state index contributed by atoms with van der Waals surface area (Å²) < 4.78 is 0. The highest BCUT2D eigenvalue weighted by Gasteiger charge is 2.32. The molecule has 0 fully saturated rings. The van der Waals surface area contributed by atoms with Crippen LogP contribution in [-0.2, 0) is 54.4 Å². The zero-order valence-electron chi connectivity index (χ0n) is 29.8. The fraction of sp³-hybridized carbons (Fsp3) is 0.500. The largest absolute Gasteiger partial charge is 0.481 e. The molecule has 0 bridgehead atoms. The predicted molar refractivity (Wildman–Crippen MR) is 191 cm³/mol. The van der Waals surface area contributed by atoms with E-state index in [4.69, 9.17) is 10.2 Å². The molecule has 0 aliphatic carbocycles. The molecule has 308 valence electrons. The number of amides is 4. The van der Waals surface area contributed by atoms with Crippen LogP contribution in [0.3, 0.4) is 0 Å². The highest BCUT2D eigenvalue weighted by atomic mass is 32.1. The predicted octanol–water partition coefficient (Wildman–Crippen LogP) is -0.446. The molecular formula is C34H44N4O17S. The van der Waals surface area contributed by atoms with E-state index in [1.807, 2.05) is 10.6 Å². The first kappa shape index (κ1) is 48.0. The van der Waals surface area contributed by atoms with Gasteiger partial charge in [-0.15, -0.1) is 0 Å². The van der Waals surface area contributed by atoms with Gasteiger partial charge in [-0.2, -0.15) is 12.6 Å². The molecule has 0 unspecified atom stereocenters. The number of hydrogen-bond donors (Lipinski definition) is 11. The molecule has 6 atom stereocenters. The normalized spacial score (nSPS) is 13.9. The number of carbonyl (C=O) groups excluding carboxylic acids is 5. The van der Waals surface area contributed by atoms with Crippen molar-refractivity contribution in [3.05, 3.63) is 35.9 Å². The number of benzene rings is 1. The third-order valence-electron chi connectivity index (χ3n) is 8.13. The van der Waals surface area contributed by atoms with Crippen LogP contribution in [0.2, 0.25) is 0 Å². The maximum absolute atomic E-state index is 13.3. The Morgan fingerprint density at radius 2 is 1.05 bits per heavy atom. The van der Waals surface area contributed by atoms with Crippen molar-refractivity contribution in [3.63, 3.8) is 0 Å². The molecule has 22 heteroatoms. The lowest BCUT2D eigenvalue weighted by Crippen LogP contribution is -2.51. The molecule has 1 rings (SSSR count). The summed E-state index contributed by atoms with van der Waals surface area (Å²) in [5.74, 6) is -15.4. The van der Waals surface area contributed by atoms with Crippen molar-refractivity contribution < 1.29 is 83.4 Å². The second-order valence-electron chi connectivity index (χ2n) is 12.5. The van der Waals surface area contributed by atoms with E-state index in [1.165, 1.54) is 0 Å². The van der Waals surface area contributed by atoms with Gasteiger partial charge in [0, 0.05) is 37.9 Å². The van der Waals surface area contributed by atoms with Crippen LogP contribution in [0.25, 0.3) is 0 Å². The second-order valence-corrected chi connectivity index (χ2v) is 12.9. The summed E-state index contributed by atoms with van der Waals surface area (Å²) in [4.78, 5) is 133. The summed E-state index contributed by atoms with van der Waals surface area (Å²) in [6.07, 6.45) is -5.75. The number of carbonyl (C=O) groups is 11. The lowest BCUT2D eigenvalue weighted by molar-refractivity contribution is -0.144. The Balaban J connectivity index is 2.92. The minimum absolute atomic E-state index is 0.0890. The average Bonchev–Trinajstić information content (AvgIpc) is 3.11. The van der Waals surface area contributed by atoms with Crippen LogP contribution in [-0.4, -0.2) is 126 Å². The van der Waals surface area contributed by atoms with Crippen molar-refractivity contribution in [3.8, 4) is 0 Å². The molecule has 0 saturated carbocycles. The quantitative estimate of drug-likeness (QED) is 0.0477. The summed E-state index contributed by atoms with van der Waals surface area (Å²) in [7, 11) is 0. The Labute approximate surface area is 324 Å². The minimum Gasteiger partial charge on any atom is -0.481 e. The highest BCUT2D eigenvalue weighted by molar-refractivity contribution is 7.80. The van der Waals surface area contributed by atoms with Gasteiger partial charge in [0.1, 0.15) is 23.9 Å². The smallest absolute Gasteiger partial charge is 0.326 e. The molecule has 0 saturated heterocycles. The third-order valence-corrected chi connectivity index (χ3v) is 8.57. The molecule has 56 heavy (non-hydrogen) atoms. The van der Waals surface area contributed by atoms with E-state index in [0.29, 0.717) is 5.56 Å². The average molecular weight is 813 g/mol. The first-order valence-electron chi connectivity index (χ1n) is 16.9. The van der Waals surface area contributed by atoms with Gasteiger partial charge in [0.15, 0.2) is 5.78 Å². The number of nitrogens with one attached hydrogen (secondary N) is 4. The monoisotopic (exact) mass is 812 g/mol. The maximum Gasteiger partial charge on any atom is 0.326 e.